The first-order valence-electron chi connectivity index (χ1n) is 8.14. The van der Waals surface area contributed by atoms with Gasteiger partial charge in [-0.05, 0) is 42.3 Å². The fourth-order valence-electron chi connectivity index (χ4n) is 3.07. The fourth-order valence-corrected chi connectivity index (χ4v) is 3.25. The monoisotopic (exact) mass is 360 g/mol. The van der Waals surface area contributed by atoms with Crippen LogP contribution in [0.2, 0.25) is 5.02 Å². The Hall–Kier alpha value is -2.40. The topological polar surface area (TPSA) is 49.4 Å². The smallest absolute Gasteiger partial charge is 0.244 e. The molecular formula is C19H18ClFN2O2. The molecule has 1 atom stereocenters. The van der Waals surface area contributed by atoms with Gasteiger partial charge in [-0.15, -0.1) is 0 Å². The molecule has 0 unspecified atom stereocenters. The third-order valence-electron chi connectivity index (χ3n) is 4.18. The first-order valence-corrected chi connectivity index (χ1v) is 8.51. The van der Waals surface area contributed by atoms with Gasteiger partial charge in [0, 0.05) is 22.7 Å². The molecule has 1 aliphatic heterocycles. The first kappa shape index (κ1) is 17.4. The quantitative estimate of drug-likeness (QED) is 0.893. The predicted octanol–water partition coefficient (Wildman–Crippen LogP) is 4.15. The number of carbonyl (C=O) groups excluding carboxylic acids is 2. The van der Waals surface area contributed by atoms with Crippen LogP contribution >= 0.6 is 11.6 Å². The maximum Gasteiger partial charge on any atom is 0.244 e. The molecule has 130 valence electrons. The molecule has 0 saturated carbocycles. The van der Waals surface area contributed by atoms with E-state index in [1.54, 1.807) is 30.3 Å². The number of halogens is 2. The summed E-state index contributed by atoms with van der Waals surface area (Å²) in [5.74, 6) is -0.748. The minimum atomic E-state index is -0.507. The number of nitrogens with zero attached hydrogens (tertiary/aromatic N) is 1. The Morgan fingerprint density at radius 1 is 1.28 bits per heavy atom. The van der Waals surface area contributed by atoms with Gasteiger partial charge in [0.2, 0.25) is 11.8 Å². The van der Waals surface area contributed by atoms with Gasteiger partial charge in [0.05, 0.1) is 6.04 Å². The molecule has 0 radical (unpaired) electrons. The van der Waals surface area contributed by atoms with Gasteiger partial charge in [0.25, 0.3) is 0 Å². The molecule has 0 aliphatic carbocycles. The van der Waals surface area contributed by atoms with Gasteiger partial charge < -0.3 is 10.2 Å². The van der Waals surface area contributed by atoms with Gasteiger partial charge in [-0.25, -0.2) is 4.39 Å². The van der Waals surface area contributed by atoms with E-state index in [0.717, 1.165) is 11.1 Å². The van der Waals surface area contributed by atoms with Gasteiger partial charge in [-0.3, -0.25) is 9.59 Å². The van der Waals surface area contributed by atoms with Gasteiger partial charge in [-0.1, -0.05) is 30.7 Å². The Labute approximate surface area is 150 Å². The highest BCUT2D eigenvalue weighted by Crippen LogP contribution is 2.37. The fraction of sp³-hybridized carbons (Fsp3) is 0.263. The Morgan fingerprint density at radius 3 is 2.68 bits per heavy atom. The zero-order valence-electron chi connectivity index (χ0n) is 13.8. The van der Waals surface area contributed by atoms with Crippen molar-refractivity contribution in [3.8, 4) is 0 Å². The number of nitrogens with one attached hydrogen (secondary N) is 1. The highest BCUT2D eigenvalue weighted by Gasteiger charge is 2.33. The maximum atomic E-state index is 13.4. The van der Waals surface area contributed by atoms with E-state index < -0.39 is 6.04 Å². The summed E-state index contributed by atoms with van der Waals surface area (Å²) in [5.41, 5.74) is 2.05. The number of carbonyl (C=O) groups is 2. The van der Waals surface area contributed by atoms with Crippen molar-refractivity contribution < 1.29 is 14.0 Å². The molecule has 2 amide bonds. The van der Waals surface area contributed by atoms with Crippen LogP contribution in [0.3, 0.4) is 0 Å². The molecule has 6 heteroatoms. The standard InChI is InChI=1S/C19H18ClFN2O2/c1-2-3-18(25)23-11-17(24)22-16-9-6-13(20)10-15(16)19(23)12-4-7-14(21)8-5-12/h4-10,19H,2-3,11H2,1H3,(H,22,24)/t19-/m1/s1. The number of benzene rings is 2. The lowest BCUT2D eigenvalue weighted by atomic mass is 9.95. The minimum absolute atomic E-state index is 0.0623. The van der Waals surface area contributed by atoms with Crippen LogP contribution in [-0.2, 0) is 9.59 Å². The van der Waals surface area contributed by atoms with Crippen LogP contribution in [0.5, 0.6) is 0 Å². The van der Waals surface area contributed by atoms with Crippen molar-refractivity contribution in [1.29, 1.82) is 0 Å². The molecule has 4 nitrogen and oxygen atoms in total. The summed E-state index contributed by atoms with van der Waals surface area (Å²) in [6.07, 6.45) is 1.01. The molecule has 0 spiro atoms. The van der Waals surface area contributed by atoms with E-state index in [1.165, 1.54) is 17.0 Å². The molecule has 1 heterocycles. The molecule has 25 heavy (non-hydrogen) atoms. The summed E-state index contributed by atoms with van der Waals surface area (Å²) in [6.45, 7) is 1.85. The van der Waals surface area contributed by atoms with Crippen LogP contribution < -0.4 is 5.32 Å². The van der Waals surface area contributed by atoms with E-state index >= 15 is 0 Å². The lowest BCUT2D eigenvalue weighted by Gasteiger charge is -2.30. The SMILES string of the molecule is CCCC(=O)N1CC(=O)Nc2ccc(Cl)cc2[C@H]1c1ccc(F)cc1. The minimum Gasteiger partial charge on any atom is -0.324 e. The summed E-state index contributed by atoms with van der Waals surface area (Å²) in [5, 5.41) is 3.33. The average molecular weight is 361 g/mol. The largest absolute Gasteiger partial charge is 0.324 e. The van der Waals surface area contributed by atoms with Crippen LogP contribution in [0.15, 0.2) is 42.5 Å². The van der Waals surface area contributed by atoms with Gasteiger partial charge in [0.1, 0.15) is 12.4 Å². The Kier molecular flexibility index (Phi) is 5.04. The molecule has 0 fully saturated rings. The number of hydrogen-bond acceptors (Lipinski definition) is 2. The number of fused-ring (bicyclic) bond motifs is 1. The van der Waals surface area contributed by atoms with Crippen molar-refractivity contribution in [2.24, 2.45) is 0 Å². The molecule has 1 N–H and O–H groups in total. The zero-order valence-corrected chi connectivity index (χ0v) is 14.5. The third-order valence-corrected chi connectivity index (χ3v) is 4.41. The van der Waals surface area contributed by atoms with E-state index in [4.69, 9.17) is 11.6 Å². The van der Waals surface area contributed by atoms with Crippen molar-refractivity contribution in [2.75, 3.05) is 11.9 Å². The van der Waals surface area contributed by atoms with E-state index in [1.807, 2.05) is 6.92 Å². The van der Waals surface area contributed by atoms with Crippen LogP contribution in [0.4, 0.5) is 10.1 Å². The summed E-state index contributed by atoms with van der Waals surface area (Å²) < 4.78 is 13.4. The molecule has 0 aromatic heterocycles. The second-order valence-electron chi connectivity index (χ2n) is 6.01. The molecule has 0 bridgehead atoms. The van der Waals surface area contributed by atoms with Crippen molar-refractivity contribution >= 4 is 29.1 Å². The van der Waals surface area contributed by atoms with Crippen molar-refractivity contribution in [3.05, 3.63) is 64.4 Å². The Bertz CT molecular complexity index is 808. The number of hydrogen-bond donors (Lipinski definition) is 1. The van der Waals surface area contributed by atoms with E-state index in [-0.39, 0.29) is 24.2 Å². The van der Waals surface area contributed by atoms with Crippen molar-refractivity contribution in [1.82, 2.24) is 4.90 Å². The molecule has 2 aromatic carbocycles. The van der Waals surface area contributed by atoms with Gasteiger partial charge in [-0.2, -0.15) is 0 Å². The van der Waals surface area contributed by atoms with Gasteiger partial charge in [0.15, 0.2) is 0 Å². The molecule has 2 aromatic rings. The summed E-state index contributed by atoms with van der Waals surface area (Å²) in [4.78, 5) is 26.5. The highest BCUT2D eigenvalue weighted by molar-refractivity contribution is 6.30. The van der Waals surface area contributed by atoms with E-state index in [0.29, 0.717) is 23.6 Å². The third kappa shape index (κ3) is 3.66. The van der Waals surface area contributed by atoms with Crippen molar-refractivity contribution in [2.45, 2.75) is 25.8 Å². The van der Waals surface area contributed by atoms with Gasteiger partial charge >= 0.3 is 0 Å². The second-order valence-corrected chi connectivity index (χ2v) is 6.44. The van der Waals surface area contributed by atoms with Crippen LogP contribution in [-0.4, -0.2) is 23.3 Å². The Balaban J connectivity index is 2.17. The molecule has 1 aliphatic rings. The van der Waals surface area contributed by atoms with Crippen LogP contribution in [0, 0.1) is 5.82 Å². The number of amides is 2. The highest BCUT2D eigenvalue weighted by atomic mass is 35.5. The maximum absolute atomic E-state index is 13.4. The number of rotatable bonds is 3. The summed E-state index contributed by atoms with van der Waals surface area (Å²) >= 11 is 6.16. The Morgan fingerprint density at radius 2 is 2.00 bits per heavy atom. The van der Waals surface area contributed by atoms with Crippen molar-refractivity contribution in [3.63, 3.8) is 0 Å². The first-order chi connectivity index (χ1) is 12.0. The molecule has 3 rings (SSSR count). The normalized spacial score (nSPS) is 16.8. The lowest BCUT2D eigenvalue weighted by molar-refractivity contribution is -0.136. The molecular weight excluding hydrogens is 343 g/mol. The average Bonchev–Trinajstić information content (AvgIpc) is 2.72. The molecule has 0 saturated heterocycles. The summed E-state index contributed by atoms with van der Waals surface area (Å²) in [6, 6.07) is 10.6. The summed E-state index contributed by atoms with van der Waals surface area (Å²) in [7, 11) is 0. The van der Waals surface area contributed by atoms with Crippen LogP contribution in [0.25, 0.3) is 0 Å². The number of anilines is 1. The van der Waals surface area contributed by atoms with E-state index in [2.05, 4.69) is 5.32 Å². The lowest BCUT2D eigenvalue weighted by Crippen LogP contribution is -2.38. The van der Waals surface area contributed by atoms with E-state index in [9.17, 15) is 14.0 Å². The zero-order chi connectivity index (χ0) is 18.0. The second kappa shape index (κ2) is 7.23. The predicted molar refractivity (Wildman–Crippen MR) is 94.9 cm³/mol. The van der Waals surface area contributed by atoms with Crippen LogP contribution in [0.1, 0.15) is 36.9 Å².